The predicted molar refractivity (Wildman–Crippen MR) is 80.9 cm³/mol. The molecule has 110 valence electrons. The third kappa shape index (κ3) is 2.26. The van der Waals surface area contributed by atoms with E-state index in [1.165, 1.54) is 19.9 Å². The Morgan fingerprint density at radius 3 is 2.50 bits per heavy atom. The molecule has 1 heterocycles. The molecule has 1 atom stereocenters. The maximum atomic E-state index is 14.0. The summed E-state index contributed by atoms with van der Waals surface area (Å²) in [5, 5.41) is 0. The summed E-state index contributed by atoms with van der Waals surface area (Å²) >= 11 is 3.26. The minimum absolute atomic E-state index is 0.00521. The zero-order chi connectivity index (χ0) is 15.3. The Morgan fingerprint density at radius 1 is 1.35 bits per heavy atom. The van der Waals surface area contributed by atoms with Gasteiger partial charge >= 0.3 is 0 Å². The predicted octanol–water partition coefficient (Wildman–Crippen LogP) is 2.37. The van der Waals surface area contributed by atoms with E-state index in [1.807, 2.05) is 0 Å². The zero-order valence-electron chi connectivity index (χ0n) is 11.4. The van der Waals surface area contributed by atoms with Crippen molar-refractivity contribution >= 4 is 31.6 Å². The summed E-state index contributed by atoms with van der Waals surface area (Å²) in [6.07, 6.45) is 0. The molecule has 1 unspecified atom stereocenters. The number of amidine groups is 1. The van der Waals surface area contributed by atoms with Gasteiger partial charge in [-0.3, -0.25) is 4.99 Å². The van der Waals surface area contributed by atoms with E-state index >= 15 is 0 Å². The molecule has 0 aliphatic carbocycles. The largest absolute Gasteiger partial charge is 0.386 e. The van der Waals surface area contributed by atoms with Gasteiger partial charge in [-0.05, 0) is 39.0 Å². The first kappa shape index (κ1) is 15.4. The molecule has 0 aromatic heterocycles. The van der Waals surface area contributed by atoms with Crippen LogP contribution < -0.4 is 5.73 Å². The molecule has 2 N–H and O–H groups in total. The molecule has 0 spiro atoms. The summed E-state index contributed by atoms with van der Waals surface area (Å²) in [6.45, 7) is 4.60. The van der Waals surface area contributed by atoms with Crippen LogP contribution >= 0.6 is 15.9 Å². The molecule has 1 aromatic rings. The van der Waals surface area contributed by atoms with E-state index in [4.69, 9.17) is 5.73 Å². The van der Waals surface area contributed by atoms with Gasteiger partial charge in [0.25, 0.3) is 0 Å². The zero-order valence-corrected chi connectivity index (χ0v) is 13.8. The second-order valence-corrected chi connectivity index (χ2v) is 9.12. The van der Waals surface area contributed by atoms with Crippen LogP contribution in [0.5, 0.6) is 0 Å². The van der Waals surface area contributed by atoms with E-state index in [2.05, 4.69) is 20.9 Å². The van der Waals surface area contributed by atoms with E-state index < -0.39 is 25.9 Å². The molecule has 0 saturated heterocycles. The van der Waals surface area contributed by atoms with Crippen molar-refractivity contribution in [2.45, 2.75) is 31.1 Å². The average molecular weight is 363 g/mol. The van der Waals surface area contributed by atoms with Crippen LogP contribution in [-0.2, 0) is 15.4 Å². The molecule has 2 rings (SSSR count). The smallest absolute Gasteiger partial charge is 0.165 e. The van der Waals surface area contributed by atoms with Crippen molar-refractivity contribution in [2.24, 2.45) is 10.7 Å². The summed E-state index contributed by atoms with van der Waals surface area (Å²) < 4.78 is 38.3. The van der Waals surface area contributed by atoms with Crippen molar-refractivity contribution in [1.82, 2.24) is 0 Å². The van der Waals surface area contributed by atoms with E-state index in [1.54, 1.807) is 19.1 Å². The van der Waals surface area contributed by atoms with Crippen LogP contribution in [0.2, 0.25) is 0 Å². The van der Waals surface area contributed by atoms with Gasteiger partial charge in [0.2, 0.25) is 0 Å². The van der Waals surface area contributed by atoms with Crippen molar-refractivity contribution in [3.05, 3.63) is 34.1 Å². The minimum atomic E-state index is -3.53. The maximum absolute atomic E-state index is 14.0. The lowest BCUT2D eigenvalue weighted by Gasteiger charge is -2.37. The van der Waals surface area contributed by atoms with Gasteiger partial charge in [0.1, 0.15) is 21.9 Å². The Balaban J connectivity index is 2.69. The average Bonchev–Trinajstić information content (AvgIpc) is 2.29. The molecule has 0 fully saturated rings. The second-order valence-electron chi connectivity index (χ2n) is 5.66. The van der Waals surface area contributed by atoms with Gasteiger partial charge in [0.15, 0.2) is 9.84 Å². The number of rotatable bonds is 1. The molecule has 1 aromatic carbocycles. The Hall–Kier alpha value is -0.950. The van der Waals surface area contributed by atoms with Crippen molar-refractivity contribution in [3.8, 4) is 0 Å². The minimum Gasteiger partial charge on any atom is -0.386 e. The lowest BCUT2D eigenvalue weighted by molar-refractivity contribution is 0.475. The first-order valence-corrected chi connectivity index (χ1v) is 8.48. The highest BCUT2D eigenvalue weighted by molar-refractivity contribution is 9.10. The summed E-state index contributed by atoms with van der Waals surface area (Å²) in [5.41, 5.74) is 4.83. The number of hydrogen-bond acceptors (Lipinski definition) is 4. The molecular formula is C13H16BrFN2O2S. The number of nitrogens with zero attached hydrogens (tertiary/aromatic N) is 1. The maximum Gasteiger partial charge on any atom is 0.165 e. The van der Waals surface area contributed by atoms with Crippen LogP contribution in [0.15, 0.2) is 27.7 Å². The normalized spacial score (nSPS) is 27.9. The third-order valence-corrected chi connectivity index (χ3v) is 6.94. The fourth-order valence-electron chi connectivity index (χ4n) is 2.19. The molecule has 0 amide bonds. The first-order valence-electron chi connectivity index (χ1n) is 6.03. The molecular weight excluding hydrogens is 347 g/mol. The quantitative estimate of drug-likeness (QED) is 0.833. The summed E-state index contributed by atoms with van der Waals surface area (Å²) in [5.74, 6) is -0.770. The lowest BCUT2D eigenvalue weighted by Crippen LogP contribution is -2.54. The van der Waals surface area contributed by atoms with Crippen LogP contribution in [-0.4, -0.2) is 24.8 Å². The molecule has 1 aliphatic heterocycles. The van der Waals surface area contributed by atoms with Gasteiger partial charge < -0.3 is 5.73 Å². The highest BCUT2D eigenvalue weighted by Gasteiger charge is 2.49. The molecule has 4 nitrogen and oxygen atoms in total. The standard InChI is InChI=1S/C13H16BrFN2O2S/c1-12(2)11(16)17-13(3,7-20(12,18)19)9-6-8(14)4-5-10(9)15/h4-6H,7H2,1-3H3,(H2,16,17). The number of aliphatic imine (C=N–C) groups is 1. The third-order valence-electron chi connectivity index (χ3n) is 3.74. The summed E-state index contributed by atoms with van der Waals surface area (Å²) in [4.78, 5) is 4.29. The topological polar surface area (TPSA) is 72.5 Å². The van der Waals surface area contributed by atoms with E-state index in [9.17, 15) is 12.8 Å². The van der Waals surface area contributed by atoms with Gasteiger partial charge in [-0.2, -0.15) is 0 Å². The number of nitrogens with two attached hydrogens (primary N) is 1. The summed E-state index contributed by atoms with van der Waals surface area (Å²) in [6, 6.07) is 4.37. The highest BCUT2D eigenvalue weighted by atomic mass is 79.9. The lowest BCUT2D eigenvalue weighted by atomic mass is 9.93. The van der Waals surface area contributed by atoms with Gasteiger partial charge in [0.05, 0.1) is 5.75 Å². The van der Waals surface area contributed by atoms with Crippen LogP contribution in [0.3, 0.4) is 0 Å². The molecule has 7 heteroatoms. The second kappa shape index (κ2) is 4.53. The van der Waals surface area contributed by atoms with Crippen molar-refractivity contribution < 1.29 is 12.8 Å². The monoisotopic (exact) mass is 362 g/mol. The molecule has 0 radical (unpaired) electrons. The van der Waals surface area contributed by atoms with Crippen LogP contribution in [0, 0.1) is 5.82 Å². The summed E-state index contributed by atoms with van der Waals surface area (Å²) in [7, 11) is -3.53. The van der Waals surface area contributed by atoms with Crippen molar-refractivity contribution in [2.75, 3.05) is 5.75 Å². The van der Waals surface area contributed by atoms with E-state index in [-0.39, 0.29) is 17.2 Å². The molecule has 1 aliphatic rings. The van der Waals surface area contributed by atoms with Gasteiger partial charge in [-0.25, -0.2) is 12.8 Å². The Kier molecular flexibility index (Phi) is 3.49. The number of benzene rings is 1. The number of hydrogen-bond donors (Lipinski definition) is 1. The van der Waals surface area contributed by atoms with Gasteiger partial charge in [0, 0.05) is 10.0 Å². The number of halogens is 2. The fraction of sp³-hybridized carbons (Fsp3) is 0.462. The van der Waals surface area contributed by atoms with Gasteiger partial charge in [-0.1, -0.05) is 15.9 Å². The van der Waals surface area contributed by atoms with Crippen LogP contribution in [0.4, 0.5) is 4.39 Å². The molecule has 0 bridgehead atoms. The molecule has 20 heavy (non-hydrogen) atoms. The Labute approximate surface area is 126 Å². The SMILES string of the molecule is CC1(c2cc(Br)ccc2F)CS(=O)(=O)C(C)(C)C(N)=N1. The fourth-order valence-corrected chi connectivity index (χ4v) is 4.24. The van der Waals surface area contributed by atoms with Crippen LogP contribution in [0.1, 0.15) is 26.3 Å². The van der Waals surface area contributed by atoms with E-state index in [0.29, 0.717) is 4.47 Å². The van der Waals surface area contributed by atoms with Gasteiger partial charge in [-0.15, -0.1) is 0 Å². The van der Waals surface area contributed by atoms with Crippen molar-refractivity contribution in [3.63, 3.8) is 0 Å². The molecule has 0 saturated carbocycles. The van der Waals surface area contributed by atoms with Crippen LogP contribution in [0.25, 0.3) is 0 Å². The van der Waals surface area contributed by atoms with Crippen molar-refractivity contribution in [1.29, 1.82) is 0 Å². The Bertz CT molecular complexity index is 700. The first-order chi connectivity index (χ1) is 8.99. The number of sulfone groups is 1. The Morgan fingerprint density at radius 2 is 1.95 bits per heavy atom. The van der Waals surface area contributed by atoms with E-state index in [0.717, 1.165) is 0 Å². The highest BCUT2D eigenvalue weighted by Crippen LogP contribution is 2.38.